The average Bonchev–Trinajstić information content (AvgIpc) is 2.80. The minimum Gasteiger partial charge on any atom is -0.480 e. The summed E-state index contributed by atoms with van der Waals surface area (Å²) < 4.78 is 18.4. The van der Waals surface area contributed by atoms with Crippen molar-refractivity contribution in [2.75, 3.05) is 24.7 Å². The Balaban J connectivity index is 1.69. The molecular formula is C25H29FN6O5. The highest BCUT2D eigenvalue weighted by Crippen LogP contribution is 2.21. The summed E-state index contributed by atoms with van der Waals surface area (Å²) in [6, 6.07) is 10.8. The van der Waals surface area contributed by atoms with Gasteiger partial charge >= 0.3 is 18.1 Å². The van der Waals surface area contributed by atoms with Gasteiger partial charge in [0.25, 0.3) is 0 Å². The standard InChI is InChI=1S/C25H29FN6O5/c1-25(2,14-16-5-9-17(26)10-6-16)31-22-28-21(29-23(35)30-22)27-19(20(33)34)13-15-7-11-18(12-8-15)37-24(36)32(3)4/h5-12,19H,13-14H2,1-4H3,(H,33,34)(H3,27,28,29,30,31,35)/t19-/m0/s1. The summed E-state index contributed by atoms with van der Waals surface area (Å²) in [7, 11) is 3.12. The first-order valence-corrected chi connectivity index (χ1v) is 11.4. The van der Waals surface area contributed by atoms with Gasteiger partial charge in [0.1, 0.15) is 17.6 Å². The van der Waals surface area contributed by atoms with Crippen LogP contribution >= 0.6 is 0 Å². The monoisotopic (exact) mass is 512 g/mol. The fourth-order valence-corrected chi connectivity index (χ4v) is 3.42. The molecule has 12 heteroatoms. The van der Waals surface area contributed by atoms with Gasteiger partial charge in [0.15, 0.2) is 0 Å². The molecule has 0 saturated carbocycles. The summed E-state index contributed by atoms with van der Waals surface area (Å²) in [5, 5.41) is 25.6. The van der Waals surface area contributed by atoms with Gasteiger partial charge in [-0.3, -0.25) is 0 Å². The van der Waals surface area contributed by atoms with Crippen LogP contribution in [0.3, 0.4) is 0 Å². The molecule has 0 radical (unpaired) electrons. The van der Waals surface area contributed by atoms with E-state index in [0.29, 0.717) is 17.7 Å². The van der Waals surface area contributed by atoms with Crippen molar-refractivity contribution >= 4 is 24.0 Å². The number of aliphatic carboxylic acids is 1. The van der Waals surface area contributed by atoms with Crippen LogP contribution in [0.1, 0.15) is 25.0 Å². The zero-order valence-electron chi connectivity index (χ0n) is 20.9. The topological polar surface area (TPSA) is 150 Å². The van der Waals surface area contributed by atoms with Gasteiger partial charge in [-0.1, -0.05) is 24.3 Å². The zero-order chi connectivity index (χ0) is 27.2. The van der Waals surface area contributed by atoms with E-state index < -0.39 is 29.7 Å². The molecule has 196 valence electrons. The molecule has 0 aliphatic rings. The zero-order valence-corrected chi connectivity index (χ0v) is 20.9. The Morgan fingerprint density at radius 3 is 2.19 bits per heavy atom. The van der Waals surface area contributed by atoms with Crippen molar-refractivity contribution in [1.82, 2.24) is 19.9 Å². The number of nitrogens with zero attached hydrogens (tertiary/aromatic N) is 4. The van der Waals surface area contributed by atoms with Crippen LogP contribution in [0.2, 0.25) is 0 Å². The molecule has 4 N–H and O–H groups in total. The Kier molecular flexibility index (Phi) is 8.43. The maximum Gasteiger partial charge on any atom is 0.414 e. The number of hydrogen-bond acceptors (Lipinski definition) is 9. The first-order valence-electron chi connectivity index (χ1n) is 11.4. The molecule has 1 atom stereocenters. The van der Waals surface area contributed by atoms with E-state index in [0.717, 1.165) is 5.56 Å². The van der Waals surface area contributed by atoms with Crippen molar-refractivity contribution in [1.29, 1.82) is 0 Å². The third kappa shape index (κ3) is 8.30. The van der Waals surface area contributed by atoms with Crippen molar-refractivity contribution in [3.05, 3.63) is 65.5 Å². The third-order valence-corrected chi connectivity index (χ3v) is 5.17. The molecule has 3 aromatic rings. The maximum absolute atomic E-state index is 13.2. The van der Waals surface area contributed by atoms with Crippen LogP contribution in [0.5, 0.6) is 11.8 Å². The Bertz CT molecular complexity index is 1240. The smallest absolute Gasteiger partial charge is 0.414 e. The van der Waals surface area contributed by atoms with Crippen LogP contribution in [0.4, 0.5) is 21.1 Å². The molecule has 1 heterocycles. The third-order valence-electron chi connectivity index (χ3n) is 5.17. The van der Waals surface area contributed by atoms with Crippen LogP contribution in [0, 0.1) is 5.82 Å². The first kappa shape index (κ1) is 27.1. The Hall–Kier alpha value is -4.48. The number of benzene rings is 2. The second kappa shape index (κ2) is 11.5. The minimum absolute atomic E-state index is 0.0401. The van der Waals surface area contributed by atoms with Crippen LogP contribution in [-0.4, -0.2) is 67.8 Å². The Labute approximate surface area is 213 Å². The lowest BCUT2D eigenvalue weighted by atomic mass is 9.95. The van der Waals surface area contributed by atoms with E-state index in [4.69, 9.17) is 4.74 Å². The van der Waals surface area contributed by atoms with Crippen molar-refractivity contribution in [2.45, 2.75) is 38.3 Å². The molecule has 0 aliphatic carbocycles. The summed E-state index contributed by atoms with van der Waals surface area (Å²) in [6.45, 7) is 3.76. The fraction of sp³-hybridized carbons (Fsp3) is 0.320. The molecule has 0 bridgehead atoms. The van der Waals surface area contributed by atoms with Gasteiger partial charge in [0, 0.05) is 26.1 Å². The summed E-state index contributed by atoms with van der Waals surface area (Å²) in [4.78, 5) is 36.8. The van der Waals surface area contributed by atoms with Crippen molar-refractivity contribution in [2.24, 2.45) is 0 Å². The predicted molar refractivity (Wildman–Crippen MR) is 134 cm³/mol. The number of aromatic hydroxyl groups is 1. The molecule has 0 spiro atoms. The molecule has 0 aliphatic heterocycles. The predicted octanol–water partition coefficient (Wildman–Crippen LogP) is 3.32. The number of aromatic nitrogens is 3. The summed E-state index contributed by atoms with van der Waals surface area (Å²) in [5.74, 6) is -1.25. The lowest BCUT2D eigenvalue weighted by Gasteiger charge is -2.26. The van der Waals surface area contributed by atoms with Gasteiger partial charge in [-0.15, -0.1) is 0 Å². The van der Waals surface area contributed by atoms with Crippen molar-refractivity contribution < 1.29 is 28.9 Å². The Morgan fingerprint density at radius 2 is 1.59 bits per heavy atom. The van der Waals surface area contributed by atoms with Crippen LogP contribution in [0.15, 0.2) is 48.5 Å². The number of rotatable bonds is 10. The Morgan fingerprint density at radius 1 is 1.00 bits per heavy atom. The fourth-order valence-electron chi connectivity index (χ4n) is 3.42. The number of hydrogen-bond donors (Lipinski definition) is 4. The minimum atomic E-state index is -1.16. The van der Waals surface area contributed by atoms with E-state index in [2.05, 4.69) is 25.6 Å². The molecule has 2 aromatic carbocycles. The van der Waals surface area contributed by atoms with Gasteiger partial charge in [-0.25, -0.2) is 14.0 Å². The quantitative estimate of drug-likeness (QED) is 0.319. The van der Waals surface area contributed by atoms with Gasteiger partial charge in [-0.05, 0) is 55.7 Å². The molecule has 0 saturated heterocycles. The number of carboxylic acids is 1. The summed E-state index contributed by atoms with van der Waals surface area (Å²) >= 11 is 0. The lowest BCUT2D eigenvalue weighted by Crippen LogP contribution is -2.35. The van der Waals surface area contributed by atoms with Gasteiger partial charge in [0.2, 0.25) is 11.9 Å². The van der Waals surface area contributed by atoms with Crippen molar-refractivity contribution in [3.63, 3.8) is 0 Å². The molecule has 11 nitrogen and oxygen atoms in total. The maximum atomic E-state index is 13.2. The van der Waals surface area contributed by atoms with Crippen LogP contribution in [-0.2, 0) is 17.6 Å². The molecule has 3 rings (SSSR count). The van der Waals surface area contributed by atoms with E-state index in [1.165, 1.54) is 17.0 Å². The number of carbonyl (C=O) groups excluding carboxylic acids is 1. The molecule has 1 amide bonds. The molecular weight excluding hydrogens is 483 g/mol. The molecule has 0 fully saturated rings. The van der Waals surface area contributed by atoms with Crippen LogP contribution < -0.4 is 15.4 Å². The highest BCUT2D eigenvalue weighted by atomic mass is 19.1. The number of amides is 1. The highest BCUT2D eigenvalue weighted by molar-refractivity contribution is 5.77. The molecule has 1 aromatic heterocycles. The number of nitrogens with one attached hydrogen (secondary N) is 2. The normalized spacial score (nSPS) is 11.9. The number of halogens is 1. The molecule has 37 heavy (non-hydrogen) atoms. The number of ether oxygens (including phenoxy) is 1. The second-order valence-corrected chi connectivity index (χ2v) is 9.24. The molecule has 0 unspecified atom stereocenters. The van der Waals surface area contributed by atoms with Crippen molar-refractivity contribution in [3.8, 4) is 11.8 Å². The summed E-state index contributed by atoms with van der Waals surface area (Å²) in [6.07, 6.45) is 0.0282. The second-order valence-electron chi connectivity index (χ2n) is 9.24. The van der Waals surface area contributed by atoms with E-state index in [1.807, 2.05) is 13.8 Å². The van der Waals surface area contributed by atoms with Crippen LogP contribution in [0.25, 0.3) is 0 Å². The average molecular weight is 513 g/mol. The number of carbonyl (C=O) groups is 2. The SMILES string of the molecule is CN(C)C(=O)Oc1ccc(C[C@H](Nc2nc(O)nc(NC(C)(C)Cc3ccc(F)cc3)n2)C(=O)O)cc1. The van der Waals surface area contributed by atoms with E-state index in [-0.39, 0.29) is 24.1 Å². The van der Waals surface area contributed by atoms with E-state index >= 15 is 0 Å². The van der Waals surface area contributed by atoms with Gasteiger partial charge in [0.05, 0.1) is 0 Å². The highest BCUT2D eigenvalue weighted by Gasteiger charge is 2.23. The van der Waals surface area contributed by atoms with Gasteiger partial charge in [-0.2, -0.15) is 15.0 Å². The van der Waals surface area contributed by atoms with Gasteiger partial charge < -0.3 is 30.5 Å². The number of anilines is 2. The lowest BCUT2D eigenvalue weighted by molar-refractivity contribution is -0.137. The van der Waals surface area contributed by atoms with E-state index in [1.54, 1.807) is 50.5 Å². The largest absolute Gasteiger partial charge is 0.480 e. The first-order chi connectivity index (χ1) is 17.4. The summed E-state index contributed by atoms with van der Waals surface area (Å²) in [5.41, 5.74) is 0.943. The number of carboxylic acid groups (broad SMARTS) is 1. The van der Waals surface area contributed by atoms with E-state index in [9.17, 15) is 24.2 Å².